The van der Waals surface area contributed by atoms with Crippen LogP contribution >= 0.6 is 0 Å². The zero-order chi connectivity index (χ0) is 10.7. The molecule has 0 aromatic rings. The molecule has 1 aliphatic carbocycles. The third-order valence-electron chi connectivity index (χ3n) is 4.07. The number of hydrogen-bond donors (Lipinski definition) is 2. The van der Waals surface area contributed by atoms with Gasteiger partial charge in [0.05, 0.1) is 6.10 Å². The van der Waals surface area contributed by atoms with Crippen LogP contribution in [0.5, 0.6) is 0 Å². The zero-order valence-corrected chi connectivity index (χ0v) is 9.61. The van der Waals surface area contributed by atoms with E-state index in [1.54, 1.807) is 0 Å². The van der Waals surface area contributed by atoms with Crippen LogP contribution in [0.1, 0.15) is 32.6 Å². The highest BCUT2D eigenvalue weighted by Gasteiger charge is 2.29. The van der Waals surface area contributed by atoms with Crippen LogP contribution in [0.15, 0.2) is 0 Å². The third-order valence-corrected chi connectivity index (χ3v) is 4.07. The van der Waals surface area contributed by atoms with Gasteiger partial charge < -0.3 is 15.2 Å². The van der Waals surface area contributed by atoms with E-state index in [9.17, 15) is 5.11 Å². The lowest BCUT2D eigenvalue weighted by molar-refractivity contribution is 0.111. The van der Waals surface area contributed by atoms with Gasteiger partial charge in [-0.25, -0.2) is 0 Å². The highest BCUT2D eigenvalue weighted by Crippen LogP contribution is 2.31. The predicted octanol–water partition coefficient (Wildman–Crippen LogP) is 1.16. The zero-order valence-electron chi connectivity index (χ0n) is 9.61. The van der Waals surface area contributed by atoms with Crippen LogP contribution in [0.2, 0.25) is 0 Å². The summed E-state index contributed by atoms with van der Waals surface area (Å²) in [6.45, 7) is 4.46. The van der Waals surface area contributed by atoms with E-state index < -0.39 is 0 Å². The van der Waals surface area contributed by atoms with Gasteiger partial charge in [-0.3, -0.25) is 0 Å². The fraction of sp³-hybridized carbons (Fsp3) is 1.00. The van der Waals surface area contributed by atoms with Crippen molar-refractivity contribution in [2.24, 2.45) is 11.8 Å². The second kappa shape index (κ2) is 5.28. The first-order valence-corrected chi connectivity index (χ1v) is 6.27. The molecule has 3 nitrogen and oxygen atoms in total. The topological polar surface area (TPSA) is 41.5 Å². The summed E-state index contributed by atoms with van der Waals surface area (Å²) in [5.41, 5.74) is 0. The van der Waals surface area contributed by atoms with Gasteiger partial charge in [-0.1, -0.05) is 6.42 Å². The second-order valence-electron chi connectivity index (χ2n) is 5.01. The number of hydrogen-bond acceptors (Lipinski definition) is 3. The van der Waals surface area contributed by atoms with Gasteiger partial charge in [-0.2, -0.15) is 0 Å². The Labute approximate surface area is 92.2 Å². The Hall–Kier alpha value is -0.120. The van der Waals surface area contributed by atoms with Crippen LogP contribution in [0.25, 0.3) is 0 Å². The minimum Gasteiger partial charge on any atom is -0.396 e. The highest BCUT2D eigenvalue weighted by molar-refractivity contribution is 4.83. The van der Waals surface area contributed by atoms with E-state index in [2.05, 4.69) is 12.2 Å². The van der Waals surface area contributed by atoms with Gasteiger partial charge in [0, 0.05) is 19.3 Å². The van der Waals surface area contributed by atoms with E-state index in [0.717, 1.165) is 19.6 Å². The summed E-state index contributed by atoms with van der Waals surface area (Å²) in [5, 5.41) is 12.8. The van der Waals surface area contributed by atoms with Crippen LogP contribution in [-0.4, -0.2) is 37.0 Å². The molecule has 88 valence electrons. The molecule has 1 heterocycles. The van der Waals surface area contributed by atoms with Gasteiger partial charge in [-0.15, -0.1) is 0 Å². The third kappa shape index (κ3) is 2.71. The molecule has 2 rings (SSSR count). The van der Waals surface area contributed by atoms with Crippen LogP contribution < -0.4 is 5.32 Å². The Morgan fingerprint density at radius 3 is 2.73 bits per heavy atom. The van der Waals surface area contributed by atoms with Crippen LogP contribution in [0.3, 0.4) is 0 Å². The Morgan fingerprint density at radius 2 is 2.07 bits per heavy atom. The van der Waals surface area contributed by atoms with E-state index in [4.69, 9.17) is 4.74 Å². The highest BCUT2D eigenvalue weighted by atomic mass is 16.5. The van der Waals surface area contributed by atoms with E-state index in [1.807, 2.05) is 0 Å². The van der Waals surface area contributed by atoms with Gasteiger partial charge in [0.1, 0.15) is 0 Å². The van der Waals surface area contributed by atoms with Gasteiger partial charge in [0.2, 0.25) is 0 Å². The molecular weight excluding hydrogens is 190 g/mol. The van der Waals surface area contributed by atoms with Crippen molar-refractivity contribution in [3.8, 4) is 0 Å². The van der Waals surface area contributed by atoms with Crippen LogP contribution in [-0.2, 0) is 4.74 Å². The standard InChI is InChI=1S/C12H23NO2/c1-9-12(5-6-15-9)13-7-10-3-2-4-11(10)8-14/h9-14H,2-8H2,1H3. The second-order valence-corrected chi connectivity index (χ2v) is 5.01. The number of aliphatic hydroxyl groups excluding tert-OH is 1. The Morgan fingerprint density at radius 1 is 1.27 bits per heavy atom. The summed E-state index contributed by atoms with van der Waals surface area (Å²) in [6.07, 6.45) is 5.27. The molecule has 0 spiro atoms. The SMILES string of the molecule is CC1OCCC1NCC1CCCC1CO. The van der Waals surface area contributed by atoms with Crippen molar-refractivity contribution < 1.29 is 9.84 Å². The summed E-state index contributed by atoms with van der Waals surface area (Å²) >= 11 is 0. The van der Waals surface area contributed by atoms with Crippen molar-refractivity contribution >= 4 is 0 Å². The molecule has 0 aromatic carbocycles. The monoisotopic (exact) mass is 213 g/mol. The molecule has 3 heteroatoms. The molecule has 0 radical (unpaired) electrons. The van der Waals surface area contributed by atoms with E-state index in [0.29, 0.717) is 30.6 Å². The molecule has 4 unspecified atom stereocenters. The summed E-state index contributed by atoms with van der Waals surface area (Å²) in [6, 6.07) is 0.532. The summed E-state index contributed by atoms with van der Waals surface area (Å²) in [4.78, 5) is 0. The lowest BCUT2D eigenvalue weighted by atomic mass is 9.96. The molecule has 15 heavy (non-hydrogen) atoms. The first-order chi connectivity index (χ1) is 7.31. The summed E-state index contributed by atoms with van der Waals surface area (Å²) in [7, 11) is 0. The lowest BCUT2D eigenvalue weighted by Gasteiger charge is -2.22. The Kier molecular flexibility index (Phi) is 4.00. The van der Waals surface area contributed by atoms with Gasteiger partial charge >= 0.3 is 0 Å². The fourth-order valence-corrected chi connectivity index (χ4v) is 2.93. The summed E-state index contributed by atoms with van der Waals surface area (Å²) in [5.74, 6) is 1.22. The minimum absolute atomic E-state index is 0.360. The molecule has 0 amide bonds. The Bertz CT molecular complexity index is 198. The number of rotatable bonds is 4. The van der Waals surface area contributed by atoms with Crippen molar-refractivity contribution in [2.75, 3.05) is 19.8 Å². The average Bonchev–Trinajstić information content (AvgIpc) is 2.83. The lowest BCUT2D eigenvalue weighted by Crippen LogP contribution is -2.38. The van der Waals surface area contributed by atoms with Crippen molar-refractivity contribution in [1.82, 2.24) is 5.32 Å². The smallest absolute Gasteiger partial charge is 0.0700 e. The van der Waals surface area contributed by atoms with Crippen LogP contribution in [0.4, 0.5) is 0 Å². The molecule has 2 aliphatic rings. The molecule has 2 fully saturated rings. The minimum atomic E-state index is 0.360. The molecule has 1 aliphatic heterocycles. The normalized spacial score (nSPS) is 41.2. The van der Waals surface area contributed by atoms with Crippen molar-refractivity contribution in [1.29, 1.82) is 0 Å². The molecule has 4 atom stereocenters. The predicted molar refractivity (Wildman–Crippen MR) is 59.7 cm³/mol. The largest absolute Gasteiger partial charge is 0.396 e. The molecule has 0 aromatic heterocycles. The van der Waals surface area contributed by atoms with Gasteiger partial charge in [-0.05, 0) is 44.6 Å². The number of aliphatic hydroxyl groups is 1. The van der Waals surface area contributed by atoms with Crippen molar-refractivity contribution in [2.45, 2.75) is 44.8 Å². The number of nitrogens with one attached hydrogen (secondary N) is 1. The number of ether oxygens (including phenoxy) is 1. The maximum atomic E-state index is 9.23. The average molecular weight is 213 g/mol. The van der Waals surface area contributed by atoms with Crippen LogP contribution in [0, 0.1) is 11.8 Å². The molecule has 0 bridgehead atoms. The first kappa shape index (κ1) is 11.4. The van der Waals surface area contributed by atoms with Crippen molar-refractivity contribution in [3.63, 3.8) is 0 Å². The van der Waals surface area contributed by atoms with Crippen molar-refractivity contribution in [3.05, 3.63) is 0 Å². The maximum absolute atomic E-state index is 9.23. The quantitative estimate of drug-likeness (QED) is 0.736. The molecular formula is C12H23NO2. The van der Waals surface area contributed by atoms with E-state index in [-0.39, 0.29) is 0 Å². The van der Waals surface area contributed by atoms with E-state index >= 15 is 0 Å². The van der Waals surface area contributed by atoms with Gasteiger partial charge in [0.25, 0.3) is 0 Å². The molecule has 2 N–H and O–H groups in total. The molecule has 1 saturated carbocycles. The molecule has 1 saturated heterocycles. The summed E-state index contributed by atoms with van der Waals surface area (Å²) < 4.78 is 5.52. The maximum Gasteiger partial charge on any atom is 0.0700 e. The Balaban J connectivity index is 1.72. The van der Waals surface area contributed by atoms with E-state index in [1.165, 1.54) is 19.3 Å². The first-order valence-electron chi connectivity index (χ1n) is 6.27. The fourth-order valence-electron chi connectivity index (χ4n) is 2.93. The van der Waals surface area contributed by atoms with Gasteiger partial charge in [0.15, 0.2) is 0 Å².